The lowest BCUT2D eigenvalue weighted by molar-refractivity contribution is -0.150. The van der Waals surface area contributed by atoms with Crippen molar-refractivity contribution >= 4 is 17.6 Å². The zero-order valence-electron chi connectivity index (χ0n) is 17.7. The van der Waals surface area contributed by atoms with Gasteiger partial charge < -0.3 is 19.7 Å². The molecule has 0 fully saturated rings. The highest BCUT2D eigenvalue weighted by Crippen LogP contribution is 2.29. The highest BCUT2D eigenvalue weighted by molar-refractivity contribution is 5.81. The summed E-state index contributed by atoms with van der Waals surface area (Å²) in [7, 11) is 3.93. The summed E-state index contributed by atoms with van der Waals surface area (Å²) >= 11 is 0. The molecule has 1 amide bonds. The molecular weight excluding hydrogens is 392 g/mol. The molecule has 1 N–H and O–H groups in total. The van der Waals surface area contributed by atoms with Gasteiger partial charge in [-0.2, -0.15) is 0 Å². The molecule has 0 saturated carbocycles. The van der Waals surface area contributed by atoms with Crippen LogP contribution >= 0.6 is 0 Å². The van der Waals surface area contributed by atoms with E-state index >= 15 is 0 Å². The highest BCUT2D eigenvalue weighted by atomic mass is 16.6. The van der Waals surface area contributed by atoms with Gasteiger partial charge >= 0.3 is 5.97 Å². The Hall–Kier alpha value is -3.80. The van der Waals surface area contributed by atoms with Gasteiger partial charge in [0.05, 0.1) is 0 Å². The Kier molecular flexibility index (Phi) is 7.65. The van der Waals surface area contributed by atoms with Gasteiger partial charge in [0.25, 0.3) is 5.91 Å². The zero-order valence-corrected chi connectivity index (χ0v) is 17.7. The number of nitrogens with one attached hydrogen (secondary N) is 1. The van der Waals surface area contributed by atoms with Crippen molar-refractivity contribution in [2.75, 3.05) is 32.2 Å². The number of hydrogen-bond acceptors (Lipinski definition) is 5. The lowest BCUT2D eigenvalue weighted by atomic mass is 10.1. The topological polar surface area (TPSA) is 67.9 Å². The first-order valence-corrected chi connectivity index (χ1v) is 9.99. The molecule has 160 valence electrons. The fourth-order valence-corrected chi connectivity index (χ4v) is 2.94. The molecule has 6 nitrogen and oxygen atoms in total. The number of amides is 1. The van der Waals surface area contributed by atoms with Crippen LogP contribution in [0.2, 0.25) is 0 Å². The van der Waals surface area contributed by atoms with Gasteiger partial charge in [0, 0.05) is 31.9 Å². The van der Waals surface area contributed by atoms with Crippen molar-refractivity contribution in [1.82, 2.24) is 5.32 Å². The number of carbonyl (C=O) groups excluding carboxylic acids is 2. The quantitative estimate of drug-likeness (QED) is 0.537. The molecule has 0 aromatic heterocycles. The standard InChI is InChI=1S/C25H26N2O4/c1-27(2)21-14-12-19(13-15-21)16-26-24(28)17-31-25(29)18-30-23-11-7-6-10-22(23)20-8-4-3-5-9-20/h3-15H,16-18H2,1-2H3,(H,26,28). The molecule has 0 saturated heterocycles. The molecular formula is C25H26N2O4. The van der Waals surface area contributed by atoms with E-state index in [1.165, 1.54) is 0 Å². The summed E-state index contributed by atoms with van der Waals surface area (Å²) in [6.45, 7) is -0.257. The second-order valence-electron chi connectivity index (χ2n) is 7.15. The van der Waals surface area contributed by atoms with Crippen molar-refractivity contribution in [2.24, 2.45) is 0 Å². The molecule has 3 aromatic rings. The Morgan fingerprint density at radius 2 is 1.52 bits per heavy atom. The van der Waals surface area contributed by atoms with E-state index in [9.17, 15) is 9.59 Å². The number of benzene rings is 3. The number of anilines is 1. The second-order valence-corrected chi connectivity index (χ2v) is 7.15. The van der Waals surface area contributed by atoms with E-state index in [1.54, 1.807) is 6.07 Å². The molecule has 0 spiro atoms. The molecule has 31 heavy (non-hydrogen) atoms. The minimum absolute atomic E-state index is 0.275. The van der Waals surface area contributed by atoms with Gasteiger partial charge in [0.1, 0.15) is 5.75 Å². The molecule has 0 unspecified atom stereocenters. The van der Waals surface area contributed by atoms with Crippen LogP contribution in [0.3, 0.4) is 0 Å². The normalized spacial score (nSPS) is 10.3. The minimum atomic E-state index is -0.603. The lowest BCUT2D eigenvalue weighted by Crippen LogP contribution is -2.29. The van der Waals surface area contributed by atoms with Gasteiger partial charge in [-0.1, -0.05) is 60.7 Å². The van der Waals surface area contributed by atoms with Gasteiger partial charge in [0.2, 0.25) is 0 Å². The van der Waals surface area contributed by atoms with Crippen LogP contribution in [0.15, 0.2) is 78.9 Å². The maximum atomic E-state index is 12.0. The lowest BCUT2D eigenvalue weighted by Gasteiger charge is -2.13. The molecule has 0 aliphatic heterocycles. The zero-order chi connectivity index (χ0) is 22.1. The summed E-state index contributed by atoms with van der Waals surface area (Å²) in [6, 6.07) is 25.1. The van der Waals surface area contributed by atoms with Gasteiger partial charge in [-0.3, -0.25) is 4.79 Å². The largest absolute Gasteiger partial charge is 0.481 e. The summed E-state index contributed by atoms with van der Waals surface area (Å²) in [6.07, 6.45) is 0. The molecule has 0 atom stereocenters. The Labute approximate surface area is 182 Å². The van der Waals surface area contributed by atoms with Crippen molar-refractivity contribution in [1.29, 1.82) is 0 Å². The third-order valence-corrected chi connectivity index (χ3v) is 4.62. The van der Waals surface area contributed by atoms with E-state index in [0.29, 0.717) is 12.3 Å². The van der Waals surface area contributed by atoms with Gasteiger partial charge in [-0.15, -0.1) is 0 Å². The predicted molar refractivity (Wildman–Crippen MR) is 121 cm³/mol. The summed E-state index contributed by atoms with van der Waals surface area (Å²) in [5, 5.41) is 2.74. The van der Waals surface area contributed by atoms with Crippen LogP contribution in [-0.4, -0.2) is 39.2 Å². The summed E-state index contributed by atoms with van der Waals surface area (Å²) in [5.74, 6) is -0.389. The van der Waals surface area contributed by atoms with E-state index < -0.39 is 5.97 Å². The van der Waals surface area contributed by atoms with Crippen LogP contribution in [-0.2, 0) is 20.9 Å². The van der Waals surface area contributed by atoms with E-state index in [-0.39, 0.29) is 19.1 Å². The molecule has 3 aromatic carbocycles. The maximum Gasteiger partial charge on any atom is 0.344 e. The van der Waals surface area contributed by atoms with Crippen LogP contribution in [0.1, 0.15) is 5.56 Å². The van der Waals surface area contributed by atoms with Crippen LogP contribution in [0.25, 0.3) is 11.1 Å². The van der Waals surface area contributed by atoms with Crippen molar-refractivity contribution in [2.45, 2.75) is 6.54 Å². The van der Waals surface area contributed by atoms with Crippen LogP contribution in [0, 0.1) is 0 Å². The molecule has 0 radical (unpaired) electrons. The number of carbonyl (C=O) groups is 2. The van der Waals surface area contributed by atoms with Crippen molar-refractivity contribution < 1.29 is 19.1 Å². The monoisotopic (exact) mass is 418 g/mol. The first-order valence-electron chi connectivity index (χ1n) is 9.99. The first kappa shape index (κ1) is 21.9. The highest BCUT2D eigenvalue weighted by Gasteiger charge is 2.11. The summed E-state index contributed by atoms with van der Waals surface area (Å²) in [4.78, 5) is 26.0. The SMILES string of the molecule is CN(C)c1ccc(CNC(=O)COC(=O)COc2ccccc2-c2ccccc2)cc1. The van der Waals surface area contributed by atoms with E-state index in [4.69, 9.17) is 9.47 Å². The molecule has 3 rings (SSSR count). The maximum absolute atomic E-state index is 12.0. The number of nitrogens with zero attached hydrogens (tertiary/aromatic N) is 1. The molecule has 0 aliphatic rings. The molecule has 6 heteroatoms. The van der Waals surface area contributed by atoms with Gasteiger partial charge in [-0.25, -0.2) is 4.79 Å². The Morgan fingerprint density at radius 3 is 2.23 bits per heavy atom. The third-order valence-electron chi connectivity index (χ3n) is 4.62. The Bertz CT molecular complexity index is 1000. The fraction of sp³-hybridized carbons (Fsp3) is 0.200. The van der Waals surface area contributed by atoms with Gasteiger partial charge in [-0.05, 0) is 29.3 Å². The molecule has 0 aliphatic carbocycles. The number of rotatable bonds is 9. The van der Waals surface area contributed by atoms with Gasteiger partial charge in [0.15, 0.2) is 13.2 Å². The number of hydrogen-bond donors (Lipinski definition) is 1. The van der Waals surface area contributed by atoms with Crippen molar-refractivity contribution in [3.8, 4) is 16.9 Å². The van der Waals surface area contributed by atoms with Crippen LogP contribution in [0.5, 0.6) is 5.75 Å². The fourth-order valence-electron chi connectivity index (χ4n) is 2.94. The second kappa shape index (κ2) is 10.8. The third kappa shape index (κ3) is 6.60. The number of ether oxygens (including phenoxy) is 2. The van der Waals surface area contributed by atoms with Crippen molar-refractivity contribution in [3.05, 3.63) is 84.4 Å². The van der Waals surface area contributed by atoms with Crippen LogP contribution < -0.4 is 15.0 Å². The number of esters is 1. The van der Waals surface area contributed by atoms with Crippen molar-refractivity contribution in [3.63, 3.8) is 0 Å². The predicted octanol–water partition coefficient (Wildman–Crippen LogP) is 3.66. The minimum Gasteiger partial charge on any atom is -0.481 e. The average Bonchev–Trinajstić information content (AvgIpc) is 2.81. The molecule has 0 bridgehead atoms. The number of para-hydroxylation sites is 1. The first-order chi connectivity index (χ1) is 15.0. The smallest absolute Gasteiger partial charge is 0.344 e. The summed E-state index contributed by atoms with van der Waals surface area (Å²) in [5.41, 5.74) is 3.92. The Balaban J connectivity index is 1.43. The van der Waals surface area contributed by atoms with E-state index in [0.717, 1.165) is 22.4 Å². The molecule has 0 heterocycles. The van der Waals surface area contributed by atoms with Crippen LogP contribution in [0.4, 0.5) is 5.69 Å². The Morgan fingerprint density at radius 1 is 0.839 bits per heavy atom. The summed E-state index contributed by atoms with van der Waals surface area (Å²) < 4.78 is 10.7. The van der Waals surface area contributed by atoms with E-state index in [1.807, 2.05) is 91.8 Å². The van der Waals surface area contributed by atoms with E-state index in [2.05, 4.69) is 5.32 Å². The average molecular weight is 418 g/mol.